The lowest BCUT2D eigenvalue weighted by Gasteiger charge is -2.21. The van der Waals surface area contributed by atoms with Gasteiger partial charge in [-0.2, -0.15) is 0 Å². The minimum Gasteiger partial charge on any atom is -0.309 e. The summed E-state index contributed by atoms with van der Waals surface area (Å²) in [5, 5.41) is 2.55. The van der Waals surface area contributed by atoms with E-state index in [4.69, 9.17) is 0 Å². The number of aromatic nitrogens is 1. The maximum absolute atomic E-state index is 2.40. The van der Waals surface area contributed by atoms with E-state index in [2.05, 4.69) is 187 Å². The Hall–Kier alpha value is -5.66. The van der Waals surface area contributed by atoms with Gasteiger partial charge in [-0.3, -0.25) is 0 Å². The Balaban J connectivity index is 1.27. The first-order valence-electron chi connectivity index (χ1n) is 15.2. The van der Waals surface area contributed by atoms with Crippen LogP contribution in [0.15, 0.2) is 182 Å². The van der Waals surface area contributed by atoms with Crippen LogP contribution in [0.1, 0.15) is 22.6 Å². The molecule has 7 aromatic carbocycles. The molecule has 0 spiro atoms. The summed E-state index contributed by atoms with van der Waals surface area (Å²) >= 11 is 0. The number of fused-ring (bicyclic) bond motifs is 3. The molecule has 0 saturated carbocycles. The van der Waals surface area contributed by atoms with Crippen molar-refractivity contribution in [3.05, 3.63) is 199 Å². The van der Waals surface area contributed by atoms with Gasteiger partial charge in [0, 0.05) is 22.4 Å². The summed E-state index contributed by atoms with van der Waals surface area (Å²) in [6, 6.07) is 65.9. The lowest BCUT2D eigenvalue weighted by Crippen LogP contribution is -2.05. The van der Waals surface area contributed by atoms with Crippen LogP contribution in [-0.2, 0) is 0 Å². The molecule has 208 valence electrons. The number of para-hydroxylation sites is 2. The Bertz CT molecular complexity index is 2050. The predicted octanol–water partition coefficient (Wildman–Crippen LogP) is 11.3. The van der Waals surface area contributed by atoms with Gasteiger partial charge in [-0.1, -0.05) is 158 Å². The average Bonchev–Trinajstić information content (AvgIpc) is 3.44. The fourth-order valence-electron chi connectivity index (χ4n) is 6.62. The van der Waals surface area contributed by atoms with E-state index >= 15 is 0 Å². The molecular weight excluding hydrogens is 530 g/mol. The standard InChI is InChI=1S/C43H31N/c1-3-12-31(13-4-1)33-22-26-35(27-23-33)43(36-28-24-34(25-29-36)32-14-5-2-6-15-32)37-16-11-17-38(30-37)44-41-20-9-7-18-39(41)40-19-8-10-21-42(40)44/h1-30,43H. The predicted molar refractivity (Wildman–Crippen MR) is 185 cm³/mol. The van der Waals surface area contributed by atoms with Crippen LogP contribution in [0.5, 0.6) is 0 Å². The molecule has 8 rings (SSSR count). The molecule has 1 heterocycles. The van der Waals surface area contributed by atoms with E-state index in [1.54, 1.807) is 0 Å². The van der Waals surface area contributed by atoms with Crippen molar-refractivity contribution < 1.29 is 0 Å². The van der Waals surface area contributed by atoms with E-state index in [9.17, 15) is 0 Å². The van der Waals surface area contributed by atoms with Crippen LogP contribution in [0, 0.1) is 0 Å². The quantitative estimate of drug-likeness (QED) is 0.178. The first-order chi connectivity index (χ1) is 21.8. The molecule has 1 aromatic heterocycles. The molecule has 0 aliphatic heterocycles. The van der Waals surface area contributed by atoms with Gasteiger partial charge in [-0.15, -0.1) is 0 Å². The number of hydrogen-bond donors (Lipinski definition) is 0. The molecule has 0 bridgehead atoms. The second-order valence-electron chi connectivity index (χ2n) is 11.4. The van der Waals surface area contributed by atoms with Crippen LogP contribution in [-0.4, -0.2) is 4.57 Å². The zero-order chi connectivity index (χ0) is 29.3. The van der Waals surface area contributed by atoms with Crippen LogP contribution >= 0.6 is 0 Å². The lowest BCUT2D eigenvalue weighted by molar-refractivity contribution is 0.972. The van der Waals surface area contributed by atoms with Crippen molar-refractivity contribution in [3.8, 4) is 27.9 Å². The smallest absolute Gasteiger partial charge is 0.0541 e. The fraction of sp³-hybridized carbons (Fsp3) is 0.0233. The third-order valence-corrected chi connectivity index (χ3v) is 8.74. The number of benzene rings is 7. The van der Waals surface area contributed by atoms with Gasteiger partial charge < -0.3 is 4.57 Å². The highest BCUT2D eigenvalue weighted by Crippen LogP contribution is 2.37. The fourth-order valence-corrected chi connectivity index (χ4v) is 6.62. The van der Waals surface area contributed by atoms with Crippen LogP contribution in [0.4, 0.5) is 0 Å². The van der Waals surface area contributed by atoms with E-state index < -0.39 is 0 Å². The zero-order valence-electron chi connectivity index (χ0n) is 24.3. The molecular formula is C43H31N. The SMILES string of the molecule is c1ccc(-c2ccc(C(c3ccc(-c4ccccc4)cc3)c3cccc(-n4c5ccccc5c5ccccc54)c3)cc2)cc1. The molecule has 0 atom stereocenters. The third kappa shape index (κ3) is 4.69. The zero-order valence-corrected chi connectivity index (χ0v) is 24.3. The molecule has 0 amide bonds. The highest BCUT2D eigenvalue weighted by molar-refractivity contribution is 6.09. The summed E-state index contributed by atoms with van der Waals surface area (Å²) in [7, 11) is 0. The third-order valence-electron chi connectivity index (χ3n) is 8.74. The number of nitrogens with zero attached hydrogens (tertiary/aromatic N) is 1. The van der Waals surface area contributed by atoms with Gasteiger partial charge in [0.15, 0.2) is 0 Å². The van der Waals surface area contributed by atoms with Gasteiger partial charge in [0.25, 0.3) is 0 Å². The van der Waals surface area contributed by atoms with Gasteiger partial charge in [0.1, 0.15) is 0 Å². The van der Waals surface area contributed by atoms with Crippen molar-refractivity contribution in [2.45, 2.75) is 5.92 Å². The first kappa shape index (κ1) is 26.0. The summed E-state index contributed by atoms with van der Waals surface area (Å²) in [6.07, 6.45) is 0. The normalized spacial score (nSPS) is 11.4. The van der Waals surface area contributed by atoms with E-state index in [1.807, 2.05) is 0 Å². The lowest BCUT2D eigenvalue weighted by atomic mass is 9.84. The summed E-state index contributed by atoms with van der Waals surface area (Å²) < 4.78 is 2.40. The molecule has 0 aliphatic rings. The second kappa shape index (κ2) is 11.2. The van der Waals surface area contributed by atoms with E-state index in [0.29, 0.717) is 0 Å². The van der Waals surface area contributed by atoms with Crippen molar-refractivity contribution in [1.82, 2.24) is 4.57 Å². The average molecular weight is 562 g/mol. The Morgan fingerprint density at radius 3 is 1.25 bits per heavy atom. The van der Waals surface area contributed by atoms with Crippen LogP contribution < -0.4 is 0 Å². The highest BCUT2D eigenvalue weighted by Gasteiger charge is 2.19. The van der Waals surface area contributed by atoms with Gasteiger partial charge in [-0.05, 0) is 63.2 Å². The van der Waals surface area contributed by atoms with E-state index in [1.165, 1.54) is 66.4 Å². The van der Waals surface area contributed by atoms with Gasteiger partial charge in [0.05, 0.1) is 11.0 Å². The maximum Gasteiger partial charge on any atom is 0.0541 e. The largest absolute Gasteiger partial charge is 0.309 e. The van der Waals surface area contributed by atoms with Gasteiger partial charge >= 0.3 is 0 Å². The van der Waals surface area contributed by atoms with Gasteiger partial charge in [-0.25, -0.2) is 0 Å². The van der Waals surface area contributed by atoms with Crippen LogP contribution in [0.25, 0.3) is 49.7 Å². The minimum absolute atomic E-state index is 0.0812. The minimum atomic E-state index is 0.0812. The summed E-state index contributed by atoms with van der Waals surface area (Å²) in [5.41, 5.74) is 12.4. The highest BCUT2D eigenvalue weighted by atomic mass is 15.0. The first-order valence-corrected chi connectivity index (χ1v) is 15.2. The molecule has 0 radical (unpaired) electrons. The Kier molecular flexibility index (Phi) is 6.62. The number of rotatable bonds is 6. The Morgan fingerprint density at radius 1 is 0.318 bits per heavy atom. The number of hydrogen-bond acceptors (Lipinski definition) is 0. The Labute approximate surface area is 258 Å². The topological polar surface area (TPSA) is 4.93 Å². The maximum atomic E-state index is 2.40. The van der Waals surface area contributed by atoms with Crippen molar-refractivity contribution >= 4 is 21.8 Å². The van der Waals surface area contributed by atoms with Crippen molar-refractivity contribution in [1.29, 1.82) is 0 Å². The van der Waals surface area contributed by atoms with Crippen molar-refractivity contribution in [2.24, 2.45) is 0 Å². The molecule has 44 heavy (non-hydrogen) atoms. The molecule has 1 nitrogen and oxygen atoms in total. The van der Waals surface area contributed by atoms with E-state index in [0.717, 1.165) is 0 Å². The monoisotopic (exact) mass is 561 g/mol. The molecule has 0 fully saturated rings. The van der Waals surface area contributed by atoms with Crippen molar-refractivity contribution in [2.75, 3.05) is 0 Å². The summed E-state index contributed by atoms with van der Waals surface area (Å²) in [4.78, 5) is 0. The molecule has 0 N–H and O–H groups in total. The van der Waals surface area contributed by atoms with Crippen LogP contribution in [0.2, 0.25) is 0 Å². The second-order valence-corrected chi connectivity index (χ2v) is 11.4. The molecule has 0 aliphatic carbocycles. The molecule has 1 heteroatoms. The molecule has 8 aromatic rings. The van der Waals surface area contributed by atoms with Crippen molar-refractivity contribution in [3.63, 3.8) is 0 Å². The van der Waals surface area contributed by atoms with E-state index in [-0.39, 0.29) is 5.92 Å². The Morgan fingerprint density at radius 2 is 0.750 bits per heavy atom. The summed E-state index contributed by atoms with van der Waals surface area (Å²) in [6.45, 7) is 0. The van der Waals surface area contributed by atoms with Crippen LogP contribution in [0.3, 0.4) is 0 Å². The molecule has 0 unspecified atom stereocenters. The van der Waals surface area contributed by atoms with Gasteiger partial charge in [0.2, 0.25) is 0 Å². The summed E-state index contributed by atoms with van der Waals surface area (Å²) in [5.74, 6) is 0.0812. The molecule has 0 saturated heterocycles.